The molecule has 0 unspecified atom stereocenters. The molecule has 22 heavy (non-hydrogen) atoms. The molecule has 3 aromatic rings. The molecule has 6 nitrogen and oxygen atoms in total. The molecular weight excluding hydrogens is 302 g/mol. The van der Waals surface area contributed by atoms with Crippen LogP contribution in [0.5, 0.6) is 0 Å². The van der Waals surface area contributed by atoms with Crippen molar-refractivity contribution in [2.24, 2.45) is 0 Å². The average molecular weight is 315 g/mol. The first kappa shape index (κ1) is 14.3. The van der Waals surface area contributed by atoms with Gasteiger partial charge in [0.25, 0.3) is 5.91 Å². The molecule has 0 aliphatic carbocycles. The fourth-order valence-corrected chi connectivity index (χ4v) is 2.62. The van der Waals surface area contributed by atoms with Crippen molar-refractivity contribution < 1.29 is 14.0 Å². The van der Waals surface area contributed by atoms with Gasteiger partial charge in [0, 0.05) is 12.6 Å². The Morgan fingerprint density at radius 1 is 1.32 bits per heavy atom. The largest absolute Gasteiger partial charge is 0.441 e. The minimum Gasteiger partial charge on any atom is -0.441 e. The average Bonchev–Trinajstić information content (AvgIpc) is 3.12. The third kappa shape index (κ3) is 3.15. The number of benzene rings is 1. The van der Waals surface area contributed by atoms with E-state index in [-0.39, 0.29) is 18.4 Å². The van der Waals surface area contributed by atoms with Gasteiger partial charge in [0.1, 0.15) is 5.52 Å². The van der Waals surface area contributed by atoms with Gasteiger partial charge in [-0.2, -0.15) is 0 Å². The molecule has 7 heteroatoms. The van der Waals surface area contributed by atoms with Crippen molar-refractivity contribution in [2.45, 2.75) is 6.92 Å². The molecule has 0 radical (unpaired) electrons. The number of nitrogens with zero attached hydrogens (tertiary/aromatic N) is 1. The van der Waals surface area contributed by atoms with Crippen LogP contribution in [-0.2, 0) is 4.79 Å². The molecule has 0 saturated carbocycles. The topological polar surface area (TPSA) is 84.2 Å². The smallest absolute Gasteiger partial charge is 0.261 e. The Kier molecular flexibility index (Phi) is 3.88. The number of fused-ring (bicyclic) bond motifs is 1. The molecule has 0 saturated heterocycles. The van der Waals surface area contributed by atoms with Gasteiger partial charge in [-0.3, -0.25) is 9.59 Å². The van der Waals surface area contributed by atoms with Crippen LogP contribution in [0.1, 0.15) is 15.6 Å². The first-order valence-corrected chi connectivity index (χ1v) is 7.48. The van der Waals surface area contributed by atoms with Crippen LogP contribution >= 0.6 is 11.3 Å². The predicted octanol–water partition coefficient (Wildman–Crippen LogP) is 2.57. The zero-order valence-corrected chi connectivity index (χ0v) is 12.6. The second-order valence-electron chi connectivity index (χ2n) is 4.62. The Morgan fingerprint density at radius 2 is 2.18 bits per heavy atom. The summed E-state index contributed by atoms with van der Waals surface area (Å²) in [4.78, 5) is 28.4. The Morgan fingerprint density at radius 3 is 2.95 bits per heavy atom. The molecule has 0 aliphatic heterocycles. The highest BCUT2D eigenvalue weighted by atomic mass is 32.1. The van der Waals surface area contributed by atoms with E-state index in [0.29, 0.717) is 27.6 Å². The number of anilines is 1. The van der Waals surface area contributed by atoms with Crippen molar-refractivity contribution in [3.8, 4) is 0 Å². The van der Waals surface area contributed by atoms with E-state index in [4.69, 9.17) is 4.42 Å². The molecule has 0 spiro atoms. The number of aryl methyl sites for hydroxylation is 1. The fraction of sp³-hybridized carbons (Fsp3) is 0.133. The van der Waals surface area contributed by atoms with E-state index in [9.17, 15) is 9.59 Å². The van der Waals surface area contributed by atoms with E-state index in [0.717, 1.165) is 0 Å². The van der Waals surface area contributed by atoms with Gasteiger partial charge in [0.05, 0.1) is 11.4 Å². The summed E-state index contributed by atoms with van der Waals surface area (Å²) in [7, 11) is 0. The van der Waals surface area contributed by atoms with Gasteiger partial charge in [0.15, 0.2) is 11.5 Å². The van der Waals surface area contributed by atoms with Crippen molar-refractivity contribution in [3.05, 3.63) is 46.5 Å². The Labute approximate surface area is 130 Å². The number of hydrogen-bond acceptors (Lipinski definition) is 5. The summed E-state index contributed by atoms with van der Waals surface area (Å²) >= 11 is 1.33. The maximum Gasteiger partial charge on any atom is 0.261 e. The maximum absolute atomic E-state index is 11.9. The first-order valence-electron chi connectivity index (χ1n) is 6.60. The summed E-state index contributed by atoms with van der Waals surface area (Å²) in [6.07, 6.45) is 0. The number of oxazole rings is 1. The molecule has 3 rings (SSSR count). The quantitative estimate of drug-likeness (QED) is 0.775. The van der Waals surface area contributed by atoms with Crippen LogP contribution in [-0.4, -0.2) is 23.3 Å². The lowest BCUT2D eigenvalue weighted by molar-refractivity contribution is -0.115. The number of thiophene rings is 1. The molecule has 0 bridgehead atoms. The number of hydrogen-bond donors (Lipinski definition) is 2. The van der Waals surface area contributed by atoms with E-state index < -0.39 is 0 Å². The lowest BCUT2D eigenvalue weighted by Gasteiger charge is -2.06. The fourth-order valence-electron chi connectivity index (χ4n) is 1.98. The molecular formula is C15H13N3O3S. The van der Waals surface area contributed by atoms with Crippen LogP contribution in [0.4, 0.5) is 5.69 Å². The number of carbonyl (C=O) groups is 2. The minimum absolute atomic E-state index is 0.0907. The molecule has 0 atom stereocenters. The summed E-state index contributed by atoms with van der Waals surface area (Å²) in [5.74, 6) is 0.0129. The van der Waals surface area contributed by atoms with Gasteiger partial charge < -0.3 is 15.1 Å². The van der Waals surface area contributed by atoms with Crippen molar-refractivity contribution in [1.29, 1.82) is 0 Å². The summed E-state index contributed by atoms with van der Waals surface area (Å²) in [5, 5.41) is 7.09. The van der Waals surface area contributed by atoms with Crippen LogP contribution in [0.2, 0.25) is 0 Å². The van der Waals surface area contributed by atoms with Crippen LogP contribution in [0, 0.1) is 6.92 Å². The van der Waals surface area contributed by atoms with Crippen LogP contribution < -0.4 is 10.6 Å². The predicted molar refractivity (Wildman–Crippen MR) is 84.0 cm³/mol. The molecule has 2 aromatic heterocycles. The number of amides is 2. The number of rotatable bonds is 4. The van der Waals surface area contributed by atoms with Crippen molar-refractivity contribution >= 4 is 39.9 Å². The minimum atomic E-state index is -0.301. The second kappa shape index (κ2) is 5.98. The lowest BCUT2D eigenvalue weighted by atomic mass is 10.3. The van der Waals surface area contributed by atoms with Crippen LogP contribution in [0.3, 0.4) is 0 Å². The number of carbonyl (C=O) groups excluding carboxylic acids is 2. The highest BCUT2D eigenvalue weighted by Gasteiger charge is 2.10. The highest BCUT2D eigenvalue weighted by Crippen LogP contribution is 2.19. The normalized spacial score (nSPS) is 10.6. The summed E-state index contributed by atoms with van der Waals surface area (Å²) < 4.78 is 5.37. The first-order chi connectivity index (χ1) is 10.6. The Hall–Kier alpha value is -2.67. The zero-order valence-electron chi connectivity index (χ0n) is 11.8. The SMILES string of the molecule is Cc1nc2cc(NC(=O)CNC(=O)c3cccs3)ccc2o1. The van der Waals surface area contributed by atoms with E-state index in [1.165, 1.54) is 11.3 Å². The van der Waals surface area contributed by atoms with Crippen molar-refractivity contribution in [2.75, 3.05) is 11.9 Å². The molecule has 0 aliphatic rings. The van der Waals surface area contributed by atoms with E-state index in [2.05, 4.69) is 15.6 Å². The van der Waals surface area contributed by atoms with E-state index >= 15 is 0 Å². The van der Waals surface area contributed by atoms with E-state index in [1.54, 1.807) is 37.3 Å². The van der Waals surface area contributed by atoms with Gasteiger partial charge in [-0.05, 0) is 29.6 Å². The number of aromatic nitrogens is 1. The zero-order chi connectivity index (χ0) is 15.5. The highest BCUT2D eigenvalue weighted by molar-refractivity contribution is 7.12. The summed E-state index contributed by atoms with van der Waals surface area (Å²) in [6.45, 7) is 1.67. The number of nitrogens with one attached hydrogen (secondary N) is 2. The third-order valence-corrected chi connectivity index (χ3v) is 3.80. The van der Waals surface area contributed by atoms with Crippen molar-refractivity contribution in [1.82, 2.24) is 10.3 Å². The van der Waals surface area contributed by atoms with Gasteiger partial charge >= 0.3 is 0 Å². The molecule has 112 valence electrons. The molecule has 0 fully saturated rings. The van der Waals surface area contributed by atoms with Gasteiger partial charge in [0.2, 0.25) is 5.91 Å². The molecule has 2 heterocycles. The molecule has 2 amide bonds. The van der Waals surface area contributed by atoms with E-state index in [1.807, 2.05) is 5.38 Å². The summed E-state index contributed by atoms with van der Waals surface area (Å²) in [5.41, 5.74) is 1.95. The summed E-state index contributed by atoms with van der Waals surface area (Å²) in [6, 6.07) is 8.69. The van der Waals surface area contributed by atoms with Gasteiger partial charge in [-0.25, -0.2) is 4.98 Å². The van der Waals surface area contributed by atoms with Gasteiger partial charge in [-0.15, -0.1) is 11.3 Å². The Balaban J connectivity index is 1.59. The molecule has 2 N–H and O–H groups in total. The Bertz CT molecular complexity index is 824. The monoisotopic (exact) mass is 315 g/mol. The third-order valence-electron chi connectivity index (χ3n) is 2.93. The van der Waals surface area contributed by atoms with Gasteiger partial charge in [-0.1, -0.05) is 6.07 Å². The van der Waals surface area contributed by atoms with Crippen molar-refractivity contribution in [3.63, 3.8) is 0 Å². The van der Waals surface area contributed by atoms with Crippen LogP contribution in [0.25, 0.3) is 11.1 Å². The standard InChI is InChI=1S/C15H13N3O3S/c1-9-17-11-7-10(4-5-12(11)21-9)18-14(19)8-16-15(20)13-3-2-6-22-13/h2-7H,8H2,1H3,(H,16,20)(H,18,19). The maximum atomic E-state index is 11.9. The lowest BCUT2D eigenvalue weighted by Crippen LogP contribution is -2.32. The molecule has 1 aromatic carbocycles. The van der Waals surface area contributed by atoms with Crippen LogP contribution in [0.15, 0.2) is 40.1 Å². The second-order valence-corrected chi connectivity index (χ2v) is 5.57.